The number of likely N-dealkylation sites (N-methyl/N-ethyl adjacent to an activating group) is 1. The zero-order chi connectivity index (χ0) is 20.9. The molecule has 1 unspecified atom stereocenters. The second-order valence-corrected chi connectivity index (χ2v) is 8.94. The summed E-state index contributed by atoms with van der Waals surface area (Å²) in [4.78, 5) is 36.6. The second kappa shape index (κ2) is 11.3. The Labute approximate surface area is 201 Å². The molecule has 0 aliphatic rings. The van der Waals surface area contributed by atoms with E-state index in [4.69, 9.17) is 16.7 Å². The lowest BCUT2D eigenvalue weighted by molar-refractivity contribution is -0.144. The number of esters is 1. The number of nitrogens with one attached hydrogen (secondary N) is 1. The van der Waals surface area contributed by atoms with Gasteiger partial charge >= 0.3 is 5.97 Å². The minimum atomic E-state index is -0.988. The maximum Gasteiger partial charge on any atom is 0.303 e. The molecule has 0 bridgehead atoms. The highest BCUT2D eigenvalue weighted by Crippen LogP contribution is 2.41. The van der Waals surface area contributed by atoms with Crippen LogP contribution in [-0.2, 0) is 14.3 Å². The number of rotatable bonds is 8. The fourth-order valence-electron chi connectivity index (χ4n) is 2.08. The van der Waals surface area contributed by atoms with Crippen LogP contribution >= 0.6 is 79.4 Å². The molecule has 1 atom stereocenters. The summed E-state index contributed by atoms with van der Waals surface area (Å²) in [5.74, 6) is -1.16. The average Bonchev–Trinajstić information content (AvgIpc) is 2.56. The number of benzene rings is 1. The molecule has 1 aromatic rings. The Kier molecular flexibility index (Phi) is 10.5. The molecule has 0 aromatic heterocycles. The first-order chi connectivity index (χ1) is 12.5. The molecule has 0 saturated heterocycles. The standard InChI is InChI=1S/C15H16ClI3N2O6/c1-6(23)27-5-8(25)20-13-10(17)9(15(16)26)11(18)14(12(13)19)21(2)3-7(24)4-22/h7,22,24H,3-5H2,1-2H3,(H,20,25). The number of nitrogens with zero attached hydrogens (tertiary/aromatic N) is 1. The Morgan fingerprint density at radius 1 is 1.22 bits per heavy atom. The molecule has 1 amide bonds. The predicted octanol–water partition coefficient (Wildman–Crippen LogP) is 2.17. The van der Waals surface area contributed by atoms with Gasteiger partial charge in [0, 0.05) is 20.5 Å². The van der Waals surface area contributed by atoms with Gasteiger partial charge in [0.25, 0.3) is 11.1 Å². The van der Waals surface area contributed by atoms with Gasteiger partial charge in [0.05, 0.1) is 40.4 Å². The van der Waals surface area contributed by atoms with E-state index in [1.807, 2.05) is 67.8 Å². The first kappa shape index (κ1) is 25.1. The maximum atomic E-state index is 12.1. The van der Waals surface area contributed by atoms with Crippen molar-refractivity contribution in [2.75, 3.05) is 37.0 Å². The third-order valence-corrected chi connectivity index (χ3v) is 6.61. The van der Waals surface area contributed by atoms with Crippen LogP contribution in [0, 0.1) is 10.7 Å². The molecule has 1 aromatic carbocycles. The van der Waals surface area contributed by atoms with E-state index in [1.165, 1.54) is 6.92 Å². The first-order valence-electron chi connectivity index (χ1n) is 7.34. The summed E-state index contributed by atoms with van der Waals surface area (Å²) in [6.45, 7) is 0.399. The number of aliphatic hydroxyl groups excluding tert-OH is 2. The summed E-state index contributed by atoms with van der Waals surface area (Å²) in [6.07, 6.45) is -0.988. The van der Waals surface area contributed by atoms with Gasteiger partial charge in [0.1, 0.15) is 0 Å². The molecule has 0 fully saturated rings. The monoisotopic (exact) mass is 736 g/mol. The van der Waals surface area contributed by atoms with E-state index in [0.29, 0.717) is 22.1 Å². The van der Waals surface area contributed by atoms with E-state index in [2.05, 4.69) is 10.1 Å². The normalized spacial score (nSPS) is 11.7. The molecule has 3 N–H and O–H groups in total. The Hall–Kier alpha value is 0.0300. The van der Waals surface area contributed by atoms with Crippen molar-refractivity contribution >= 4 is 108 Å². The van der Waals surface area contributed by atoms with E-state index >= 15 is 0 Å². The number of carbonyl (C=O) groups excluding carboxylic acids is 3. The van der Waals surface area contributed by atoms with E-state index < -0.39 is 36.4 Å². The van der Waals surface area contributed by atoms with Crippen LogP contribution < -0.4 is 10.2 Å². The molecule has 0 saturated carbocycles. The summed E-state index contributed by atoms with van der Waals surface area (Å²) in [6, 6.07) is 0. The van der Waals surface area contributed by atoms with E-state index in [0.717, 1.165) is 0 Å². The minimum Gasteiger partial charge on any atom is -0.456 e. The summed E-state index contributed by atoms with van der Waals surface area (Å²) in [7, 11) is 1.68. The Morgan fingerprint density at radius 3 is 2.30 bits per heavy atom. The van der Waals surface area contributed by atoms with Crippen molar-refractivity contribution in [2.24, 2.45) is 0 Å². The Bertz CT molecular complexity index is 762. The van der Waals surface area contributed by atoms with Crippen molar-refractivity contribution in [3.63, 3.8) is 0 Å². The van der Waals surface area contributed by atoms with Crippen LogP contribution in [0.2, 0.25) is 0 Å². The topological polar surface area (TPSA) is 116 Å². The minimum absolute atomic E-state index is 0.0971. The van der Waals surface area contributed by atoms with Gasteiger partial charge in [-0.05, 0) is 79.4 Å². The van der Waals surface area contributed by atoms with Crippen molar-refractivity contribution in [1.29, 1.82) is 0 Å². The number of hydrogen-bond donors (Lipinski definition) is 3. The quantitative estimate of drug-likeness (QED) is 0.213. The molecule has 0 aliphatic heterocycles. The van der Waals surface area contributed by atoms with E-state index in [9.17, 15) is 19.5 Å². The largest absolute Gasteiger partial charge is 0.456 e. The molecule has 8 nitrogen and oxygen atoms in total. The zero-order valence-electron chi connectivity index (χ0n) is 14.2. The van der Waals surface area contributed by atoms with Crippen LogP contribution in [0.3, 0.4) is 0 Å². The summed E-state index contributed by atoms with van der Waals surface area (Å²) >= 11 is 11.6. The van der Waals surface area contributed by atoms with Crippen LogP contribution in [-0.4, -0.2) is 60.2 Å². The van der Waals surface area contributed by atoms with Crippen molar-refractivity contribution in [1.82, 2.24) is 0 Å². The van der Waals surface area contributed by atoms with E-state index in [1.54, 1.807) is 11.9 Å². The number of anilines is 2. The van der Waals surface area contributed by atoms with E-state index in [-0.39, 0.29) is 12.1 Å². The molecule has 0 radical (unpaired) electrons. The average molecular weight is 736 g/mol. The third-order valence-electron chi connectivity index (χ3n) is 3.24. The van der Waals surface area contributed by atoms with Gasteiger partial charge in [0.15, 0.2) is 6.61 Å². The Morgan fingerprint density at radius 2 is 1.81 bits per heavy atom. The molecular formula is C15H16ClI3N2O6. The predicted molar refractivity (Wildman–Crippen MR) is 126 cm³/mol. The van der Waals surface area contributed by atoms with Crippen molar-refractivity contribution in [3.8, 4) is 0 Å². The highest BCUT2D eigenvalue weighted by Gasteiger charge is 2.27. The maximum absolute atomic E-state index is 12.1. The van der Waals surface area contributed by atoms with Crippen LogP contribution in [0.5, 0.6) is 0 Å². The first-order valence-corrected chi connectivity index (χ1v) is 11.0. The number of carbonyl (C=O) groups is 3. The smallest absolute Gasteiger partial charge is 0.303 e. The molecule has 27 heavy (non-hydrogen) atoms. The van der Waals surface area contributed by atoms with Crippen LogP contribution in [0.25, 0.3) is 0 Å². The van der Waals surface area contributed by atoms with Gasteiger partial charge in [-0.1, -0.05) is 0 Å². The lowest BCUT2D eigenvalue weighted by Crippen LogP contribution is -2.33. The summed E-state index contributed by atoms with van der Waals surface area (Å²) in [5.41, 5.74) is 1.12. The molecule has 0 aliphatic carbocycles. The van der Waals surface area contributed by atoms with Crippen molar-refractivity contribution in [2.45, 2.75) is 13.0 Å². The summed E-state index contributed by atoms with van der Waals surface area (Å²) in [5, 5.41) is 20.7. The molecule has 1 rings (SSSR count). The molecule has 150 valence electrons. The van der Waals surface area contributed by atoms with Gasteiger partial charge in [-0.25, -0.2) is 0 Å². The van der Waals surface area contributed by atoms with Gasteiger partial charge in [0.2, 0.25) is 0 Å². The molecular weight excluding hydrogens is 720 g/mol. The fourth-order valence-corrected chi connectivity index (χ4v) is 7.33. The number of aliphatic hydroxyl groups is 2. The van der Waals surface area contributed by atoms with Gasteiger partial charge in [-0.3, -0.25) is 14.4 Å². The second-order valence-electron chi connectivity index (χ2n) is 5.36. The van der Waals surface area contributed by atoms with Crippen LogP contribution in [0.1, 0.15) is 17.3 Å². The Balaban J connectivity index is 3.43. The SMILES string of the molecule is CC(=O)OCC(=O)Nc1c(I)c(C(=O)Cl)c(I)c(N(C)CC(O)CO)c1I. The number of hydrogen-bond acceptors (Lipinski definition) is 7. The van der Waals surface area contributed by atoms with Crippen molar-refractivity contribution < 1.29 is 29.3 Å². The number of ether oxygens (including phenoxy) is 1. The molecule has 0 spiro atoms. The van der Waals surface area contributed by atoms with Crippen LogP contribution in [0.4, 0.5) is 11.4 Å². The lowest BCUT2D eigenvalue weighted by atomic mass is 10.1. The third kappa shape index (κ3) is 6.80. The summed E-state index contributed by atoms with van der Waals surface area (Å²) < 4.78 is 6.27. The van der Waals surface area contributed by atoms with Crippen LogP contribution in [0.15, 0.2) is 0 Å². The van der Waals surface area contributed by atoms with Crippen molar-refractivity contribution in [3.05, 3.63) is 16.3 Å². The highest BCUT2D eigenvalue weighted by molar-refractivity contribution is 14.1. The van der Waals surface area contributed by atoms with Gasteiger partial charge < -0.3 is 25.2 Å². The zero-order valence-corrected chi connectivity index (χ0v) is 21.4. The number of halogens is 4. The number of amides is 1. The van der Waals surface area contributed by atoms with Gasteiger partial charge in [-0.2, -0.15) is 0 Å². The highest BCUT2D eigenvalue weighted by atomic mass is 127. The fraction of sp³-hybridized carbons (Fsp3) is 0.400. The molecule has 12 heteroatoms. The molecule has 0 heterocycles. The lowest BCUT2D eigenvalue weighted by Gasteiger charge is -2.27. The van der Waals surface area contributed by atoms with Gasteiger partial charge in [-0.15, -0.1) is 0 Å².